The fraction of sp³-hybridized carbons (Fsp3) is 0.625. The van der Waals surface area contributed by atoms with E-state index in [9.17, 15) is 4.79 Å². The zero-order valence-corrected chi connectivity index (χ0v) is 8.20. The number of aldehydes is 1. The highest BCUT2D eigenvalue weighted by Crippen LogP contribution is 2.23. The lowest BCUT2D eigenvalue weighted by atomic mass is 10.0. The van der Waals surface area contributed by atoms with E-state index in [-0.39, 0.29) is 5.25 Å². The van der Waals surface area contributed by atoms with Gasteiger partial charge in [-0.25, -0.2) is 0 Å². The second kappa shape index (κ2) is 6.63. The highest BCUT2D eigenvalue weighted by molar-refractivity contribution is 8.69. The van der Waals surface area contributed by atoms with E-state index in [4.69, 9.17) is 6.42 Å². The van der Waals surface area contributed by atoms with Crippen molar-refractivity contribution >= 4 is 28.7 Å². The van der Waals surface area contributed by atoms with Crippen molar-refractivity contribution < 1.29 is 4.79 Å². The van der Waals surface area contributed by atoms with Gasteiger partial charge in [-0.3, -0.25) is 0 Å². The summed E-state index contributed by atoms with van der Waals surface area (Å²) in [4.78, 5) is 10.4. The molecule has 0 aliphatic carbocycles. The SMILES string of the molecule is C#CCCC(C)C(C=O)SS. The van der Waals surface area contributed by atoms with Crippen LogP contribution in [0, 0.1) is 18.3 Å². The largest absolute Gasteiger partial charge is 0.302 e. The maximum atomic E-state index is 10.4. The molecule has 0 amide bonds. The van der Waals surface area contributed by atoms with E-state index in [0.29, 0.717) is 5.92 Å². The first-order valence-corrected chi connectivity index (χ1v) is 5.38. The molecule has 0 saturated carbocycles. The van der Waals surface area contributed by atoms with Gasteiger partial charge in [0.1, 0.15) is 6.29 Å². The number of carbonyl (C=O) groups is 1. The van der Waals surface area contributed by atoms with E-state index < -0.39 is 0 Å². The molecule has 3 heteroatoms. The molecule has 0 heterocycles. The molecule has 0 spiro atoms. The molecule has 0 N–H and O–H groups in total. The summed E-state index contributed by atoms with van der Waals surface area (Å²) < 4.78 is 0. The molecule has 0 aromatic rings. The van der Waals surface area contributed by atoms with Crippen molar-refractivity contribution in [1.29, 1.82) is 0 Å². The third-order valence-electron chi connectivity index (χ3n) is 1.56. The minimum atomic E-state index is -0.0216. The predicted octanol–water partition coefficient (Wildman–Crippen LogP) is 2.18. The Bertz CT molecular complexity index is 151. The maximum Gasteiger partial charge on any atom is 0.134 e. The third kappa shape index (κ3) is 4.39. The van der Waals surface area contributed by atoms with Crippen LogP contribution >= 0.6 is 22.5 Å². The van der Waals surface area contributed by atoms with E-state index in [1.807, 2.05) is 6.92 Å². The lowest BCUT2D eigenvalue weighted by Gasteiger charge is -2.13. The summed E-state index contributed by atoms with van der Waals surface area (Å²) in [7, 11) is 1.29. The van der Waals surface area contributed by atoms with Crippen LogP contribution in [0.2, 0.25) is 0 Å². The molecular weight excluding hydrogens is 176 g/mol. The zero-order valence-electron chi connectivity index (χ0n) is 6.49. The van der Waals surface area contributed by atoms with E-state index in [1.165, 1.54) is 10.8 Å². The Morgan fingerprint density at radius 1 is 1.82 bits per heavy atom. The molecule has 0 rings (SSSR count). The first-order chi connectivity index (χ1) is 5.26. The minimum absolute atomic E-state index is 0.0216. The van der Waals surface area contributed by atoms with Gasteiger partial charge in [0.2, 0.25) is 0 Å². The highest BCUT2D eigenvalue weighted by Gasteiger charge is 2.14. The quantitative estimate of drug-likeness (QED) is 0.308. The predicted molar refractivity (Wildman–Crippen MR) is 53.7 cm³/mol. The van der Waals surface area contributed by atoms with Gasteiger partial charge in [0.05, 0.1) is 5.25 Å². The zero-order chi connectivity index (χ0) is 8.69. The summed E-state index contributed by atoms with van der Waals surface area (Å²) in [5.41, 5.74) is 0. The van der Waals surface area contributed by atoms with Gasteiger partial charge in [0.15, 0.2) is 0 Å². The van der Waals surface area contributed by atoms with Gasteiger partial charge in [-0.2, -0.15) is 0 Å². The molecule has 0 radical (unpaired) electrons. The Labute approximate surface area is 77.1 Å². The average Bonchev–Trinajstić information content (AvgIpc) is 2.03. The van der Waals surface area contributed by atoms with Gasteiger partial charge in [-0.15, -0.1) is 24.0 Å². The van der Waals surface area contributed by atoms with E-state index >= 15 is 0 Å². The van der Waals surface area contributed by atoms with Crippen LogP contribution in [-0.2, 0) is 4.79 Å². The second-order valence-corrected chi connectivity index (χ2v) is 3.81. The summed E-state index contributed by atoms with van der Waals surface area (Å²) in [5.74, 6) is 2.88. The maximum absolute atomic E-state index is 10.4. The topological polar surface area (TPSA) is 17.1 Å². The summed E-state index contributed by atoms with van der Waals surface area (Å²) in [6, 6.07) is 0. The number of terminal acetylenes is 1. The lowest BCUT2D eigenvalue weighted by Crippen LogP contribution is -2.14. The van der Waals surface area contributed by atoms with Crippen molar-refractivity contribution in [3.63, 3.8) is 0 Å². The Morgan fingerprint density at radius 2 is 2.45 bits per heavy atom. The number of carbonyl (C=O) groups excluding carboxylic acids is 1. The monoisotopic (exact) mass is 188 g/mol. The van der Waals surface area contributed by atoms with Crippen molar-refractivity contribution in [3.8, 4) is 12.3 Å². The highest BCUT2D eigenvalue weighted by atomic mass is 33.1. The van der Waals surface area contributed by atoms with Crippen LogP contribution in [-0.4, -0.2) is 11.5 Å². The molecule has 1 nitrogen and oxygen atoms in total. The van der Waals surface area contributed by atoms with Crippen LogP contribution in [0.3, 0.4) is 0 Å². The van der Waals surface area contributed by atoms with Crippen molar-refractivity contribution in [1.82, 2.24) is 0 Å². The molecule has 0 aliphatic rings. The third-order valence-corrected chi connectivity index (χ3v) is 3.11. The fourth-order valence-electron chi connectivity index (χ4n) is 0.738. The number of rotatable bonds is 5. The molecule has 0 aromatic heterocycles. The Balaban J connectivity index is 3.70. The average molecular weight is 188 g/mol. The minimum Gasteiger partial charge on any atom is -0.302 e. The van der Waals surface area contributed by atoms with Crippen molar-refractivity contribution in [2.24, 2.45) is 5.92 Å². The number of thiol groups is 1. The van der Waals surface area contributed by atoms with Crippen LogP contribution in [0.5, 0.6) is 0 Å². The van der Waals surface area contributed by atoms with Crippen LogP contribution in [0.1, 0.15) is 19.8 Å². The summed E-state index contributed by atoms with van der Waals surface area (Å²) in [6.07, 6.45) is 7.66. The molecule has 0 saturated heterocycles. The van der Waals surface area contributed by atoms with Crippen molar-refractivity contribution in [3.05, 3.63) is 0 Å². The van der Waals surface area contributed by atoms with Crippen LogP contribution < -0.4 is 0 Å². The molecule has 2 atom stereocenters. The standard InChI is InChI=1S/C8H12OS2/c1-3-4-5-7(2)8(6-9)11-10/h1,6-8,10H,4-5H2,2H3. The Morgan fingerprint density at radius 3 is 2.82 bits per heavy atom. The lowest BCUT2D eigenvalue weighted by molar-refractivity contribution is -0.108. The van der Waals surface area contributed by atoms with Crippen LogP contribution in [0.25, 0.3) is 0 Å². The van der Waals surface area contributed by atoms with Gasteiger partial charge >= 0.3 is 0 Å². The molecule has 11 heavy (non-hydrogen) atoms. The van der Waals surface area contributed by atoms with E-state index in [0.717, 1.165) is 19.1 Å². The van der Waals surface area contributed by atoms with Crippen LogP contribution in [0.15, 0.2) is 0 Å². The Hall–Kier alpha value is -0.0700. The second-order valence-electron chi connectivity index (χ2n) is 2.43. The van der Waals surface area contributed by atoms with Crippen LogP contribution in [0.4, 0.5) is 0 Å². The van der Waals surface area contributed by atoms with E-state index in [2.05, 4.69) is 17.6 Å². The smallest absolute Gasteiger partial charge is 0.134 e. The van der Waals surface area contributed by atoms with Gasteiger partial charge in [-0.1, -0.05) is 17.7 Å². The number of hydrogen-bond donors (Lipinski definition) is 1. The van der Waals surface area contributed by atoms with E-state index in [1.54, 1.807) is 0 Å². The van der Waals surface area contributed by atoms with Gasteiger partial charge in [0, 0.05) is 6.42 Å². The summed E-state index contributed by atoms with van der Waals surface area (Å²) in [5, 5.41) is -0.0216. The fourth-order valence-corrected chi connectivity index (χ4v) is 1.90. The number of hydrogen-bond acceptors (Lipinski definition) is 3. The van der Waals surface area contributed by atoms with Crippen molar-refractivity contribution in [2.75, 3.05) is 0 Å². The summed E-state index contributed by atoms with van der Waals surface area (Å²) in [6.45, 7) is 2.01. The van der Waals surface area contributed by atoms with Crippen molar-refractivity contribution in [2.45, 2.75) is 25.0 Å². The Kier molecular flexibility index (Phi) is 6.59. The molecule has 0 fully saturated rings. The molecule has 0 aliphatic heterocycles. The summed E-state index contributed by atoms with van der Waals surface area (Å²) >= 11 is 3.99. The molecule has 2 unspecified atom stereocenters. The molecule has 0 bridgehead atoms. The van der Waals surface area contributed by atoms with Gasteiger partial charge < -0.3 is 4.79 Å². The van der Waals surface area contributed by atoms with Gasteiger partial charge in [-0.05, 0) is 12.3 Å². The first-order valence-electron chi connectivity index (χ1n) is 3.45. The normalized spacial score (nSPS) is 15.0. The molecule has 0 aromatic carbocycles. The molecule has 62 valence electrons. The first kappa shape index (κ1) is 10.9. The molecular formula is C8H12OS2. The van der Waals surface area contributed by atoms with Gasteiger partial charge in [0.25, 0.3) is 0 Å².